The maximum atomic E-state index is 11.1. The molecule has 0 aromatic heterocycles. The summed E-state index contributed by atoms with van der Waals surface area (Å²) in [5.41, 5.74) is 0. The van der Waals surface area contributed by atoms with Gasteiger partial charge >= 0.3 is 6.18 Å². The third kappa shape index (κ3) is 2.49. The van der Waals surface area contributed by atoms with E-state index in [0.29, 0.717) is 0 Å². The van der Waals surface area contributed by atoms with Gasteiger partial charge in [0, 0.05) is 0 Å². The van der Waals surface area contributed by atoms with E-state index in [1.165, 1.54) is 22.6 Å². The van der Waals surface area contributed by atoms with Crippen LogP contribution in [0.1, 0.15) is 0 Å². The first-order chi connectivity index (χ1) is 3.48. The zero-order valence-electron chi connectivity index (χ0n) is 3.63. The Bertz CT molecular complexity index is 97.2. The van der Waals surface area contributed by atoms with Gasteiger partial charge in [0.25, 0.3) is 0 Å². The molecule has 5 heteroatoms. The van der Waals surface area contributed by atoms with Crippen molar-refractivity contribution in [1.82, 2.24) is 0 Å². The lowest BCUT2D eigenvalue weighted by Gasteiger charge is -1.98. The minimum atomic E-state index is -4.64. The summed E-state index contributed by atoms with van der Waals surface area (Å²) in [6.07, 6.45) is -4.64. The Morgan fingerprint density at radius 3 is 1.88 bits per heavy atom. The van der Waals surface area contributed by atoms with Gasteiger partial charge in [0.2, 0.25) is 5.78 Å². The summed E-state index contributed by atoms with van der Waals surface area (Å²) in [5.74, 6) is -1.68. The van der Waals surface area contributed by atoms with Crippen LogP contribution in [0.4, 0.5) is 13.2 Å². The van der Waals surface area contributed by atoms with Crippen LogP contribution in [0.5, 0.6) is 0 Å². The molecule has 0 atom stereocenters. The molecule has 0 aliphatic carbocycles. The van der Waals surface area contributed by atoms with Crippen LogP contribution in [-0.4, -0.2) is 16.4 Å². The molecule has 8 heavy (non-hydrogen) atoms. The zero-order valence-corrected chi connectivity index (χ0v) is 5.78. The first kappa shape index (κ1) is 8.19. The molecule has 0 unspecified atom stereocenters. The Kier molecular flexibility index (Phi) is 2.72. The Hall–Kier alpha value is 0.190. The molecule has 0 heterocycles. The van der Waals surface area contributed by atoms with Crippen molar-refractivity contribution in [3.05, 3.63) is 0 Å². The third-order valence-electron chi connectivity index (χ3n) is 0.438. The van der Waals surface area contributed by atoms with Crippen LogP contribution in [0.25, 0.3) is 0 Å². The van der Waals surface area contributed by atoms with Crippen molar-refractivity contribution in [2.24, 2.45) is 0 Å². The number of alkyl halides is 4. The predicted octanol–water partition coefficient (Wildman–Crippen LogP) is 1.55. The van der Waals surface area contributed by atoms with Gasteiger partial charge in [-0.1, -0.05) is 22.6 Å². The molecule has 0 saturated heterocycles. The van der Waals surface area contributed by atoms with E-state index < -0.39 is 16.4 Å². The fraction of sp³-hybridized carbons (Fsp3) is 0.667. The highest BCUT2D eigenvalue weighted by Gasteiger charge is 2.36. The van der Waals surface area contributed by atoms with E-state index in [1.54, 1.807) is 0 Å². The predicted molar refractivity (Wildman–Crippen MR) is 29.9 cm³/mol. The van der Waals surface area contributed by atoms with Crippen LogP contribution >= 0.6 is 22.6 Å². The van der Waals surface area contributed by atoms with Gasteiger partial charge in [0.15, 0.2) is 0 Å². The monoisotopic (exact) mass is 238 g/mol. The van der Waals surface area contributed by atoms with Crippen molar-refractivity contribution >= 4 is 28.4 Å². The molecule has 48 valence electrons. The number of halogens is 4. The lowest BCUT2D eigenvalue weighted by Crippen LogP contribution is -2.23. The number of Topliss-reactive ketones (excluding diaryl/α,β-unsaturated/α-hetero) is 1. The fourth-order valence-corrected chi connectivity index (χ4v) is 0.508. The molecule has 0 saturated carbocycles. The van der Waals surface area contributed by atoms with E-state index >= 15 is 0 Å². The summed E-state index contributed by atoms with van der Waals surface area (Å²) in [6, 6.07) is 0. The smallest absolute Gasteiger partial charge is 0.289 e. The average Bonchev–Trinajstić information content (AvgIpc) is 1.62. The fourth-order valence-electron chi connectivity index (χ4n) is 0.0758. The summed E-state index contributed by atoms with van der Waals surface area (Å²) < 4.78 is 32.8. The van der Waals surface area contributed by atoms with Gasteiger partial charge in [-0.25, -0.2) is 0 Å². The van der Waals surface area contributed by atoms with Gasteiger partial charge in [0.05, 0.1) is 4.43 Å². The molecule has 0 fully saturated rings. The topological polar surface area (TPSA) is 17.1 Å². The van der Waals surface area contributed by atoms with E-state index in [1.807, 2.05) is 0 Å². The van der Waals surface area contributed by atoms with E-state index in [9.17, 15) is 18.0 Å². The Morgan fingerprint density at radius 2 is 1.88 bits per heavy atom. The Labute approximate surface area is 57.4 Å². The molecule has 0 aromatic rings. The third-order valence-corrected chi connectivity index (χ3v) is 1.13. The summed E-state index contributed by atoms with van der Waals surface area (Å²) in [7, 11) is 0. The summed E-state index contributed by atoms with van der Waals surface area (Å²) in [4.78, 5) is 9.70. The normalized spacial score (nSPS) is 11.5. The molecule has 0 N–H and O–H groups in total. The minimum Gasteiger partial charge on any atom is -0.289 e. The first-order valence-corrected chi connectivity index (χ1v) is 3.17. The molecule has 0 aliphatic heterocycles. The van der Waals surface area contributed by atoms with Gasteiger partial charge < -0.3 is 0 Å². The first-order valence-electron chi connectivity index (χ1n) is 1.64. The molecule has 0 amide bonds. The van der Waals surface area contributed by atoms with Gasteiger partial charge in [0.1, 0.15) is 0 Å². The molecular formula is C3H2F3IO. The van der Waals surface area contributed by atoms with Crippen LogP contribution in [0, 0.1) is 0 Å². The molecule has 1 nitrogen and oxygen atoms in total. The summed E-state index contributed by atoms with van der Waals surface area (Å²) in [6.45, 7) is 0. The Balaban J connectivity index is 3.82. The van der Waals surface area contributed by atoms with Crippen molar-refractivity contribution in [2.45, 2.75) is 6.18 Å². The van der Waals surface area contributed by atoms with E-state index in [0.717, 1.165) is 0 Å². The van der Waals surface area contributed by atoms with Crippen LogP contribution in [0.2, 0.25) is 0 Å². The maximum Gasteiger partial charge on any atom is 0.450 e. The van der Waals surface area contributed by atoms with Crippen LogP contribution < -0.4 is 0 Å². The van der Waals surface area contributed by atoms with Crippen LogP contribution in [-0.2, 0) is 4.79 Å². The number of carbonyl (C=O) groups excluding carboxylic acids is 1. The highest BCUT2D eigenvalue weighted by atomic mass is 127. The van der Waals surface area contributed by atoms with Crippen molar-refractivity contribution in [3.8, 4) is 0 Å². The summed E-state index contributed by atoms with van der Waals surface area (Å²) in [5, 5.41) is 0. The highest BCUT2D eigenvalue weighted by molar-refractivity contribution is 14.1. The van der Waals surface area contributed by atoms with Crippen LogP contribution in [0.3, 0.4) is 0 Å². The molecular weight excluding hydrogens is 236 g/mol. The molecule has 0 aliphatic rings. The number of hydrogen-bond donors (Lipinski definition) is 0. The van der Waals surface area contributed by atoms with Gasteiger partial charge in [-0.2, -0.15) is 13.2 Å². The zero-order chi connectivity index (χ0) is 6.78. The minimum absolute atomic E-state index is 0.499. The molecule has 0 bridgehead atoms. The van der Waals surface area contributed by atoms with E-state index in [-0.39, 0.29) is 0 Å². The SMILES string of the molecule is O=C(CI)C(F)(F)F. The van der Waals surface area contributed by atoms with Crippen molar-refractivity contribution in [1.29, 1.82) is 0 Å². The largest absolute Gasteiger partial charge is 0.450 e. The number of ketones is 1. The van der Waals surface area contributed by atoms with Crippen molar-refractivity contribution in [3.63, 3.8) is 0 Å². The standard InChI is InChI=1S/C3H2F3IO/c4-3(5,6)2(8)1-7/h1H2. The van der Waals surface area contributed by atoms with E-state index in [4.69, 9.17) is 0 Å². The number of rotatable bonds is 1. The van der Waals surface area contributed by atoms with Gasteiger partial charge in [-0.05, 0) is 0 Å². The van der Waals surface area contributed by atoms with Crippen LogP contribution in [0.15, 0.2) is 0 Å². The van der Waals surface area contributed by atoms with Crippen molar-refractivity contribution in [2.75, 3.05) is 4.43 Å². The quantitative estimate of drug-likeness (QED) is 0.500. The molecule has 0 radical (unpaired) electrons. The molecule has 0 spiro atoms. The second-order valence-electron chi connectivity index (χ2n) is 1.05. The lowest BCUT2D eigenvalue weighted by atomic mass is 10.5. The summed E-state index contributed by atoms with van der Waals surface area (Å²) >= 11 is 1.37. The highest BCUT2D eigenvalue weighted by Crippen LogP contribution is 2.16. The second-order valence-corrected chi connectivity index (χ2v) is 1.82. The Morgan fingerprint density at radius 1 is 1.50 bits per heavy atom. The molecule has 0 rings (SSSR count). The lowest BCUT2D eigenvalue weighted by molar-refractivity contribution is -0.167. The van der Waals surface area contributed by atoms with Crippen molar-refractivity contribution < 1.29 is 18.0 Å². The maximum absolute atomic E-state index is 11.1. The average molecular weight is 238 g/mol. The number of carbonyl (C=O) groups is 1. The van der Waals surface area contributed by atoms with E-state index in [2.05, 4.69) is 0 Å². The van der Waals surface area contributed by atoms with Gasteiger partial charge in [-0.3, -0.25) is 4.79 Å². The second kappa shape index (κ2) is 2.65. The molecule has 0 aromatic carbocycles. The number of hydrogen-bond acceptors (Lipinski definition) is 1. The van der Waals surface area contributed by atoms with Gasteiger partial charge in [-0.15, -0.1) is 0 Å².